The molecule has 0 aliphatic rings. The van der Waals surface area contributed by atoms with Crippen molar-refractivity contribution in [3.63, 3.8) is 0 Å². The third kappa shape index (κ3) is 3.58. The van der Waals surface area contributed by atoms with Crippen LogP contribution in [0.5, 0.6) is 5.75 Å². The monoisotopic (exact) mass is 273 g/mol. The van der Waals surface area contributed by atoms with Crippen LogP contribution >= 0.6 is 0 Å². The van der Waals surface area contributed by atoms with Crippen molar-refractivity contribution < 1.29 is 9.13 Å². The van der Waals surface area contributed by atoms with Crippen LogP contribution in [0.1, 0.15) is 24.1 Å². The van der Waals surface area contributed by atoms with Crippen LogP contribution in [0.3, 0.4) is 0 Å². The second kappa shape index (κ2) is 7.06. The first kappa shape index (κ1) is 14.5. The molecular weight excluding hydrogens is 253 g/mol. The van der Waals surface area contributed by atoms with Crippen molar-refractivity contribution in [2.24, 2.45) is 0 Å². The third-order valence-corrected chi connectivity index (χ3v) is 3.35. The number of aryl methyl sites for hydroxylation is 1. The number of benzene rings is 2. The molecule has 0 spiro atoms. The Morgan fingerprint density at radius 1 is 1.15 bits per heavy atom. The Balaban J connectivity index is 2.06. The number of likely N-dealkylation sites (N-methyl/N-ethyl adjacent to an activating group) is 1. The Bertz CT molecular complexity index is 556. The van der Waals surface area contributed by atoms with Crippen LogP contribution in [0.15, 0.2) is 48.5 Å². The van der Waals surface area contributed by atoms with Crippen LogP contribution < -0.4 is 10.1 Å². The molecule has 0 saturated heterocycles. The standard InChI is InChI=1S/C17H20FNO/c1-3-13-7-6-8-14(11-13)20-12-17(19-2)15-9-4-5-10-16(15)18/h4-11,17,19H,3,12H2,1-2H3. The Kier molecular flexibility index (Phi) is 5.13. The van der Waals surface area contributed by atoms with Gasteiger partial charge in [0, 0.05) is 5.56 Å². The molecule has 1 unspecified atom stereocenters. The average Bonchev–Trinajstić information content (AvgIpc) is 2.49. The summed E-state index contributed by atoms with van der Waals surface area (Å²) in [6.45, 7) is 2.50. The molecule has 2 aromatic carbocycles. The number of nitrogens with one attached hydrogen (secondary N) is 1. The Labute approximate surface area is 119 Å². The molecule has 0 fully saturated rings. The summed E-state index contributed by atoms with van der Waals surface area (Å²) >= 11 is 0. The summed E-state index contributed by atoms with van der Waals surface area (Å²) in [5.74, 6) is 0.610. The first-order chi connectivity index (χ1) is 9.74. The van der Waals surface area contributed by atoms with E-state index in [1.807, 2.05) is 31.3 Å². The fourth-order valence-electron chi connectivity index (χ4n) is 2.12. The van der Waals surface area contributed by atoms with Crippen LogP contribution in [-0.2, 0) is 6.42 Å². The van der Waals surface area contributed by atoms with Crippen molar-refractivity contribution in [3.8, 4) is 5.75 Å². The van der Waals surface area contributed by atoms with E-state index in [2.05, 4.69) is 18.3 Å². The second-order valence-corrected chi connectivity index (χ2v) is 4.67. The van der Waals surface area contributed by atoms with Gasteiger partial charge >= 0.3 is 0 Å². The molecule has 0 aliphatic carbocycles. The van der Waals surface area contributed by atoms with E-state index < -0.39 is 0 Å². The maximum atomic E-state index is 13.8. The van der Waals surface area contributed by atoms with Gasteiger partial charge in [-0.2, -0.15) is 0 Å². The van der Waals surface area contributed by atoms with E-state index in [1.165, 1.54) is 11.6 Å². The topological polar surface area (TPSA) is 21.3 Å². The highest BCUT2D eigenvalue weighted by molar-refractivity contribution is 5.29. The summed E-state index contributed by atoms with van der Waals surface area (Å²) in [4.78, 5) is 0. The molecule has 0 aliphatic heterocycles. The van der Waals surface area contributed by atoms with Crippen LogP contribution in [-0.4, -0.2) is 13.7 Å². The molecule has 3 heteroatoms. The normalized spacial score (nSPS) is 12.2. The molecule has 1 atom stereocenters. The predicted octanol–water partition coefficient (Wildman–Crippen LogP) is 3.73. The average molecular weight is 273 g/mol. The summed E-state index contributed by atoms with van der Waals surface area (Å²) in [7, 11) is 1.81. The van der Waals surface area contributed by atoms with E-state index >= 15 is 0 Å². The first-order valence-electron chi connectivity index (χ1n) is 6.88. The van der Waals surface area contributed by atoms with Gasteiger partial charge in [0.15, 0.2) is 0 Å². The molecule has 0 radical (unpaired) electrons. The van der Waals surface area contributed by atoms with Gasteiger partial charge in [-0.1, -0.05) is 37.3 Å². The maximum Gasteiger partial charge on any atom is 0.128 e. The zero-order valence-corrected chi connectivity index (χ0v) is 11.9. The molecule has 0 heterocycles. The maximum absolute atomic E-state index is 13.8. The van der Waals surface area contributed by atoms with Crippen molar-refractivity contribution in [2.45, 2.75) is 19.4 Å². The van der Waals surface area contributed by atoms with Crippen molar-refractivity contribution in [2.75, 3.05) is 13.7 Å². The molecule has 0 bridgehead atoms. The number of ether oxygens (including phenoxy) is 1. The Hall–Kier alpha value is -1.87. The van der Waals surface area contributed by atoms with Crippen molar-refractivity contribution >= 4 is 0 Å². The predicted molar refractivity (Wildman–Crippen MR) is 79.5 cm³/mol. The van der Waals surface area contributed by atoms with Gasteiger partial charge in [-0.25, -0.2) is 4.39 Å². The van der Waals surface area contributed by atoms with Gasteiger partial charge in [-0.15, -0.1) is 0 Å². The Morgan fingerprint density at radius 3 is 2.65 bits per heavy atom. The van der Waals surface area contributed by atoms with Gasteiger partial charge in [0.2, 0.25) is 0 Å². The number of rotatable bonds is 6. The number of halogens is 1. The van der Waals surface area contributed by atoms with E-state index in [4.69, 9.17) is 4.74 Å². The highest BCUT2D eigenvalue weighted by atomic mass is 19.1. The Morgan fingerprint density at radius 2 is 1.95 bits per heavy atom. The van der Waals surface area contributed by atoms with Crippen molar-refractivity contribution in [1.29, 1.82) is 0 Å². The van der Waals surface area contributed by atoms with Gasteiger partial charge < -0.3 is 10.1 Å². The summed E-state index contributed by atoms with van der Waals surface area (Å²) in [5.41, 5.74) is 1.86. The minimum atomic E-state index is -0.210. The molecule has 20 heavy (non-hydrogen) atoms. The molecular formula is C17H20FNO. The van der Waals surface area contributed by atoms with Crippen LogP contribution in [0.4, 0.5) is 4.39 Å². The first-order valence-corrected chi connectivity index (χ1v) is 6.88. The van der Waals surface area contributed by atoms with E-state index in [9.17, 15) is 4.39 Å². The fraction of sp³-hybridized carbons (Fsp3) is 0.294. The lowest BCUT2D eigenvalue weighted by Gasteiger charge is -2.18. The highest BCUT2D eigenvalue weighted by Gasteiger charge is 2.14. The van der Waals surface area contributed by atoms with Gasteiger partial charge in [0.1, 0.15) is 18.2 Å². The second-order valence-electron chi connectivity index (χ2n) is 4.67. The van der Waals surface area contributed by atoms with E-state index in [0.717, 1.165) is 12.2 Å². The molecule has 0 aromatic heterocycles. The number of hydrogen-bond acceptors (Lipinski definition) is 2. The lowest BCUT2D eigenvalue weighted by Crippen LogP contribution is -2.24. The van der Waals surface area contributed by atoms with Gasteiger partial charge in [-0.3, -0.25) is 0 Å². The minimum Gasteiger partial charge on any atom is -0.492 e. The lowest BCUT2D eigenvalue weighted by molar-refractivity contribution is 0.269. The smallest absolute Gasteiger partial charge is 0.128 e. The number of hydrogen-bond donors (Lipinski definition) is 1. The quantitative estimate of drug-likeness (QED) is 0.866. The van der Waals surface area contributed by atoms with Gasteiger partial charge in [0.25, 0.3) is 0 Å². The van der Waals surface area contributed by atoms with Crippen molar-refractivity contribution in [1.82, 2.24) is 5.32 Å². The third-order valence-electron chi connectivity index (χ3n) is 3.35. The summed E-state index contributed by atoms with van der Waals surface area (Å²) in [5, 5.41) is 3.09. The van der Waals surface area contributed by atoms with E-state index in [0.29, 0.717) is 12.2 Å². The largest absolute Gasteiger partial charge is 0.492 e. The fourth-order valence-corrected chi connectivity index (χ4v) is 2.12. The zero-order valence-electron chi connectivity index (χ0n) is 11.9. The minimum absolute atomic E-state index is 0.165. The molecule has 106 valence electrons. The van der Waals surface area contributed by atoms with Crippen LogP contribution in [0.25, 0.3) is 0 Å². The van der Waals surface area contributed by atoms with Crippen LogP contribution in [0.2, 0.25) is 0 Å². The van der Waals surface area contributed by atoms with Gasteiger partial charge in [0.05, 0.1) is 6.04 Å². The molecule has 2 rings (SSSR count). The van der Waals surface area contributed by atoms with Crippen LogP contribution in [0, 0.1) is 5.82 Å². The van der Waals surface area contributed by atoms with E-state index in [-0.39, 0.29) is 11.9 Å². The zero-order chi connectivity index (χ0) is 14.4. The molecule has 0 saturated carbocycles. The van der Waals surface area contributed by atoms with Crippen molar-refractivity contribution in [3.05, 3.63) is 65.5 Å². The molecule has 0 amide bonds. The molecule has 2 aromatic rings. The molecule has 2 nitrogen and oxygen atoms in total. The highest BCUT2D eigenvalue weighted by Crippen LogP contribution is 2.19. The molecule has 1 N–H and O–H groups in total. The van der Waals surface area contributed by atoms with Gasteiger partial charge in [-0.05, 0) is 37.2 Å². The SMILES string of the molecule is CCc1cccc(OCC(NC)c2ccccc2F)c1. The summed E-state index contributed by atoms with van der Waals surface area (Å²) < 4.78 is 19.6. The summed E-state index contributed by atoms with van der Waals surface area (Å²) in [6, 6.07) is 14.6. The summed E-state index contributed by atoms with van der Waals surface area (Å²) in [6.07, 6.45) is 0.972. The lowest BCUT2D eigenvalue weighted by atomic mass is 10.1. The van der Waals surface area contributed by atoms with E-state index in [1.54, 1.807) is 12.1 Å².